The summed E-state index contributed by atoms with van der Waals surface area (Å²) in [5.41, 5.74) is 2.27. The standard InChI is InChI=1S/C18H26N2O4/c1-14-3-4-15(2)16(13-14)22-10-7-19-17(21)20-8-5-18(6-9-20)23-11-12-24-18/h3-4,13H,5-12H2,1-2H3,(H,19,21). The molecule has 2 amide bonds. The fourth-order valence-corrected chi connectivity index (χ4v) is 3.13. The fourth-order valence-electron chi connectivity index (χ4n) is 3.13. The molecular formula is C18H26N2O4. The molecule has 0 atom stereocenters. The maximum atomic E-state index is 12.2. The lowest BCUT2D eigenvalue weighted by Crippen LogP contribution is -2.50. The first-order valence-electron chi connectivity index (χ1n) is 8.59. The first kappa shape index (κ1) is 17.0. The Morgan fingerprint density at radius 2 is 1.96 bits per heavy atom. The minimum atomic E-state index is -0.442. The topological polar surface area (TPSA) is 60.0 Å². The highest BCUT2D eigenvalue weighted by atomic mass is 16.7. The molecule has 1 spiro atoms. The van der Waals surface area contributed by atoms with Crippen LogP contribution in [0.15, 0.2) is 18.2 Å². The third-order valence-electron chi connectivity index (χ3n) is 4.61. The molecule has 0 radical (unpaired) electrons. The highest BCUT2D eigenvalue weighted by Gasteiger charge is 2.40. The summed E-state index contributed by atoms with van der Waals surface area (Å²) in [4.78, 5) is 14.0. The number of carbonyl (C=O) groups excluding carboxylic acids is 1. The van der Waals surface area contributed by atoms with Gasteiger partial charge in [0.25, 0.3) is 0 Å². The van der Waals surface area contributed by atoms with Gasteiger partial charge in [0, 0.05) is 25.9 Å². The molecule has 0 aliphatic carbocycles. The van der Waals surface area contributed by atoms with Gasteiger partial charge in [-0.05, 0) is 31.0 Å². The number of piperidine rings is 1. The normalized spacial score (nSPS) is 19.5. The lowest BCUT2D eigenvalue weighted by molar-refractivity contribution is -0.181. The highest BCUT2D eigenvalue weighted by molar-refractivity contribution is 5.74. The van der Waals surface area contributed by atoms with E-state index < -0.39 is 5.79 Å². The second-order valence-corrected chi connectivity index (χ2v) is 6.44. The van der Waals surface area contributed by atoms with Crippen molar-refractivity contribution >= 4 is 6.03 Å². The van der Waals surface area contributed by atoms with Crippen LogP contribution in [0.4, 0.5) is 4.79 Å². The number of likely N-dealkylation sites (tertiary alicyclic amines) is 1. The lowest BCUT2D eigenvalue weighted by Gasteiger charge is -2.37. The lowest BCUT2D eigenvalue weighted by atomic mass is 10.0. The Morgan fingerprint density at radius 3 is 2.67 bits per heavy atom. The second-order valence-electron chi connectivity index (χ2n) is 6.44. The van der Waals surface area contributed by atoms with Gasteiger partial charge in [0.15, 0.2) is 5.79 Å². The molecule has 132 valence electrons. The van der Waals surface area contributed by atoms with Crippen molar-refractivity contribution in [2.24, 2.45) is 0 Å². The number of carbonyl (C=O) groups is 1. The van der Waals surface area contributed by atoms with Crippen LogP contribution >= 0.6 is 0 Å². The maximum Gasteiger partial charge on any atom is 0.317 e. The van der Waals surface area contributed by atoms with Gasteiger partial charge in [0.05, 0.1) is 19.8 Å². The van der Waals surface area contributed by atoms with Crippen molar-refractivity contribution in [2.75, 3.05) is 39.5 Å². The predicted octanol–water partition coefficient (Wildman–Crippen LogP) is 2.23. The van der Waals surface area contributed by atoms with Crippen LogP contribution in [0, 0.1) is 13.8 Å². The third kappa shape index (κ3) is 3.99. The number of nitrogens with zero attached hydrogens (tertiary/aromatic N) is 1. The van der Waals surface area contributed by atoms with E-state index in [4.69, 9.17) is 14.2 Å². The average molecular weight is 334 g/mol. The van der Waals surface area contributed by atoms with Gasteiger partial charge < -0.3 is 24.4 Å². The first-order chi connectivity index (χ1) is 11.6. The number of nitrogens with one attached hydrogen (secondary N) is 1. The summed E-state index contributed by atoms with van der Waals surface area (Å²) in [7, 11) is 0. The zero-order valence-electron chi connectivity index (χ0n) is 14.5. The van der Waals surface area contributed by atoms with Crippen molar-refractivity contribution < 1.29 is 19.0 Å². The average Bonchev–Trinajstić information content (AvgIpc) is 3.03. The summed E-state index contributed by atoms with van der Waals surface area (Å²) >= 11 is 0. The molecule has 1 aromatic rings. The number of rotatable bonds is 4. The minimum Gasteiger partial charge on any atom is -0.491 e. The van der Waals surface area contributed by atoms with Crippen LogP contribution in [-0.2, 0) is 9.47 Å². The van der Waals surface area contributed by atoms with E-state index in [-0.39, 0.29) is 6.03 Å². The maximum absolute atomic E-state index is 12.2. The van der Waals surface area contributed by atoms with Gasteiger partial charge in [-0.25, -0.2) is 4.79 Å². The van der Waals surface area contributed by atoms with Crippen LogP contribution in [0.5, 0.6) is 5.75 Å². The molecule has 0 bridgehead atoms. The summed E-state index contributed by atoms with van der Waals surface area (Å²) in [6.45, 7) is 7.62. The molecule has 0 saturated carbocycles. The molecule has 3 rings (SSSR count). The van der Waals surface area contributed by atoms with Crippen molar-refractivity contribution in [1.29, 1.82) is 0 Å². The largest absolute Gasteiger partial charge is 0.491 e. The van der Waals surface area contributed by atoms with Crippen molar-refractivity contribution in [3.8, 4) is 5.75 Å². The van der Waals surface area contributed by atoms with Crippen molar-refractivity contribution in [3.63, 3.8) is 0 Å². The smallest absolute Gasteiger partial charge is 0.317 e. The van der Waals surface area contributed by atoms with Gasteiger partial charge in [-0.3, -0.25) is 0 Å². The summed E-state index contributed by atoms with van der Waals surface area (Å²) in [5.74, 6) is 0.433. The number of hydrogen-bond donors (Lipinski definition) is 1. The number of urea groups is 1. The fraction of sp³-hybridized carbons (Fsp3) is 0.611. The number of benzene rings is 1. The minimum absolute atomic E-state index is 0.0487. The van der Waals surface area contributed by atoms with E-state index in [2.05, 4.69) is 11.4 Å². The molecule has 2 heterocycles. The zero-order chi connectivity index (χ0) is 17.0. The molecule has 0 unspecified atom stereocenters. The van der Waals surface area contributed by atoms with Crippen LogP contribution in [0.25, 0.3) is 0 Å². The molecule has 0 aromatic heterocycles. The summed E-state index contributed by atoms with van der Waals surface area (Å²) in [6, 6.07) is 6.07. The van der Waals surface area contributed by atoms with E-state index in [0.717, 1.165) is 24.2 Å². The molecule has 2 aliphatic rings. The van der Waals surface area contributed by atoms with E-state index in [1.807, 2.05) is 30.9 Å². The van der Waals surface area contributed by atoms with Gasteiger partial charge in [-0.1, -0.05) is 12.1 Å². The van der Waals surface area contributed by atoms with Crippen LogP contribution < -0.4 is 10.1 Å². The molecule has 1 aromatic carbocycles. The number of aryl methyl sites for hydroxylation is 2. The van der Waals surface area contributed by atoms with Gasteiger partial charge >= 0.3 is 6.03 Å². The molecule has 24 heavy (non-hydrogen) atoms. The summed E-state index contributed by atoms with van der Waals surface area (Å²) < 4.78 is 17.1. The van der Waals surface area contributed by atoms with Gasteiger partial charge in [0.2, 0.25) is 0 Å². The Bertz CT molecular complexity index is 574. The quantitative estimate of drug-likeness (QED) is 0.858. The van der Waals surface area contributed by atoms with E-state index in [9.17, 15) is 4.79 Å². The van der Waals surface area contributed by atoms with E-state index in [1.54, 1.807) is 0 Å². The van der Waals surface area contributed by atoms with Crippen LogP contribution in [0.3, 0.4) is 0 Å². The van der Waals surface area contributed by atoms with Crippen molar-refractivity contribution in [1.82, 2.24) is 10.2 Å². The molecular weight excluding hydrogens is 308 g/mol. The Morgan fingerprint density at radius 1 is 1.25 bits per heavy atom. The first-order valence-corrected chi connectivity index (χ1v) is 8.59. The Hall–Kier alpha value is -1.79. The van der Waals surface area contributed by atoms with Crippen molar-refractivity contribution in [3.05, 3.63) is 29.3 Å². The zero-order valence-corrected chi connectivity index (χ0v) is 14.5. The van der Waals surface area contributed by atoms with E-state index >= 15 is 0 Å². The van der Waals surface area contributed by atoms with Crippen LogP contribution in [0.1, 0.15) is 24.0 Å². The molecule has 2 aliphatic heterocycles. The Kier molecular flexibility index (Phi) is 5.26. The SMILES string of the molecule is Cc1ccc(C)c(OCCNC(=O)N2CCC3(CC2)OCCO3)c1. The third-order valence-corrected chi connectivity index (χ3v) is 4.61. The molecule has 1 N–H and O–H groups in total. The van der Waals surface area contributed by atoms with Crippen LogP contribution in [-0.4, -0.2) is 56.2 Å². The molecule has 6 heteroatoms. The van der Waals surface area contributed by atoms with Gasteiger partial charge in [0.1, 0.15) is 12.4 Å². The highest BCUT2D eigenvalue weighted by Crippen LogP contribution is 2.31. The number of ether oxygens (including phenoxy) is 3. The van der Waals surface area contributed by atoms with Crippen LogP contribution in [0.2, 0.25) is 0 Å². The Labute approximate surface area is 143 Å². The van der Waals surface area contributed by atoms with Gasteiger partial charge in [-0.15, -0.1) is 0 Å². The molecule has 2 fully saturated rings. The predicted molar refractivity (Wildman–Crippen MR) is 90.3 cm³/mol. The van der Waals surface area contributed by atoms with Crippen molar-refractivity contribution in [2.45, 2.75) is 32.5 Å². The monoisotopic (exact) mass is 334 g/mol. The van der Waals surface area contributed by atoms with Gasteiger partial charge in [-0.2, -0.15) is 0 Å². The van der Waals surface area contributed by atoms with E-state index in [0.29, 0.717) is 39.5 Å². The number of hydrogen-bond acceptors (Lipinski definition) is 4. The summed E-state index contributed by atoms with van der Waals surface area (Å²) in [5, 5.41) is 2.92. The second kappa shape index (κ2) is 7.40. The summed E-state index contributed by atoms with van der Waals surface area (Å²) in [6.07, 6.45) is 1.47. The molecule has 6 nitrogen and oxygen atoms in total. The number of amides is 2. The molecule has 2 saturated heterocycles. The Balaban J connectivity index is 1.38. The van der Waals surface area contributed by atoms with E-state index in [1.165, 1.54) is 5.56 Å².